The summed E-state index contributed by atoms with van der Waals surface area (Å²) >= 11 is 0. The molecule has 0 radical (unpaired) electrons. The monoisotopic (exact) mass is 156 g/mol. The fourth-order valence-electron chi connectivity index (χ4n) is 1.37. The second kappa shape index (κ2) is 2.06. The van der Waals surface area contributed by atoms with Gasteiger partial charge in [-0.2, -0.15) is 0 Å². The van der Waals surface area contributed by atoms with Crippen molar-refractivity contribution >= 4 is 5.97 Å². The number of carbonyl (C=O) groups is 1. The highest BCUT2D eigenvalue weighted by Gasteiger charge is 2.47. The van der Waals surface area contributed by atoms with Gasteiger partial charge in [-0.3, -0.25) is 0 Å². The summed E-state index contributed by atoms with van der Waals surface area (Å²) in [4.78, 5) is 10.4. The number of fused-ring (bicyclic) bond motifs is 1. The molecule has 60 valence electrons. The molecular formula is C7H8O4. The number of rotatable bonds is 1. The van der Waals surface area contributed by atoms with Gasteiger partial charge in [0.05, 0.1) is 6.10 Å². The first kappa shape index (κ1) is 6.82. The predicted octanol–water partition coefficient (Wildman–Crippen LogP) is -0.471. The molecule has 1 aliphatic carbocycles. The lowest BCUT2D eigenvalue weighted by atomic mass is 9.98. The second-order valence-corrected chi connectivity index (χ2v) is 2.83. The smallest absolute Gasteiger partial charge is 0.331 e. The summed E-state index contributed by atoms with van der Waals surface area (Å²) in [7, 11) is 0. The normalized spacial score (nSPS) is 40.8. The summed E-state index contributed by atoms with van der Waals surface area (Å²) in [6, 6.07) is 0. The molecule has 0 amide bonds. The lowest BCUT2D eigenvalue weighted by molar-refractivity contribution is -0.133. The molecule has 1 fully saturated rings. The maximum atomic E-state index is 10.4. The van der Waals surface area contributed by atoms with Crippen LogP contribution in [-0.2, 0) is 9.53 Å². The van der Waals surface area contributed by atoms with Crippen molar-refractivity contribution in [2.24, 2.45) is 0 Å². The minimum Gasteiger partial charge on any atom is -0.478 e. The number of carboxylic acid groups (broad SMARTS) is 1. The van der Waals surface area contributed by atoms with Crippen LogP contribution in [0.5, 0.6) is 0 Å². The van der Waals surface area contributed by atoms with E-state index in [1.165, 1.54) is 6.08 Å². The Morgan fingerprint density at radius 2 is 2.45 bits per heavy atom. The van der Waals surface area contributed by atoms with Gasteiger partial charge in [-0.25, -0.2) is 4.79 Å². The summed E-state index contributed by atoms with van der Waals surface area (Å²) in [5, 5.41) is 17.7. The van der Waals surface area contributed by atoms with Gasteiger partial charge in [-0.15, -0.1) is 0 Å². The summed E-state index contributed by atoms with van der Waals surface area (Å²) in [5.74, 6) is -0.960. The van der Waals surface area contributed by atoms with Crippen LogP contribution in [0.2, 0.25) is 0 Å². The van der Waals surface area contributed by atoms with Crippen LogP contribution in [0.15, 0.2) is 11.6 Å². The third kappa shape index (κ3) is 1.04. The summed E-state index contributed by atoms with van der Waals surface area (Å²) in [6.07, 6.45) is 0.868. The molecule has 11 heavy (non-hydrogen) atoms. The van der Waals surface area contributed by atoms with Gasteiger partial charge in [0.25, 0.3) is 0 Å². The number of aliphatic carboxylic acids is 1. The third-order valence-electron chi connectivity index (χ3n) is 2.03. The van der Waals surface area contributed by atoms with Crippen LogP contribution in [0.1, 0.15) is 6.42 Å². The number of carboxylic acids is 1. The molecule has 0 spiro atoms. The Labute approximate surface area is 63.1 Å². The van der Waals surface area contributed by atoms with Gasteiger partial charge < -0.3 is 14.9 Å². The molecule has 0 saturated carbocycles. The number of ether oxygens (including phenoxy) is 1. The molecule has 0 aromatic heterocycles. The van der Waals surface area contributed by atoms with E-state index < -0.39 is 12.1 Å². The molecule has 1 heterocycles. The fraction of sp³-hybridized carbons (Fsp3) is 0.571. The zero-order valence-corrected chi connectivity index (χ0v) is 5.73. The van der Waals surface area contributed by atoms with E-state index in [-0.39, 0.29) is 17.8 Å². The van der Waals surface area contributed by atoms with E-state index in [9.17, 15) is 9.90 Å². The van der Waals surface area contributed by atoms with Crippen LogP contribution in [0, 0.1) is 0 Å². The Kier molecular flexibility index (Phi) is 1.27. The Morgan fingerprint density at radius 1 is 1.73 bits per heavy atom. The van der Waals surface area contributed by atoms with Crippen molar-refractivity contribution in [3.63, 3.8) is 0 Å². The maximum absolute atomic E-state index is 10.4. The molecule has 2 rings (SSSR count). The Balaban J connectivity index is 2.17. The summed E-state index contributed by atoms with van der Waals surface area (Å²) in [5.41, 5.74) is 0.260. The van der Waals surface area contributed by atoms with Gasteiger partial charge in [0, 0.05) is 12.0 Å². The minimum atomic E-state index is -0.960. The zero-order chi connectivity index (χ0) is 8.01. The minimum absolute atomic E-state index is 0.0545. The summed E-state index contributed by atoms with van der Waals surface area (Å²) in [6.45, 7) is 0. The van der Waals surface area contributed by atoms with Gasteiger partial charge in [0.2, 0.25) is 0 Å². The molecule has 0 bridgehead atoms. The molecule has 2 N–H and O–H groups in total. The van der Waals surface area contributed by atoms with Gasteiger partial charge in [-0.05, 0) is 6.08 Å². The summed E-state index contributed by atoms with van der Waals surface area (Å²) < 4.78 is 5.01. The topological polar surface area (TPSA) is 70.1 Å². The van der Waals surface area contributed by atoms with Crippen LogP contribution in [0.3, 0.4) is 0 Å². The lowest BCUT2D eigenvalue weighted by Gasteiger charge is -2.08. The first-order valence-electron chi connectivity index (χ1n) is 3.46. The van der Waals surface area contributed by atoms with Crippen molar-refractivity contribution in [2.45, 2.75) is 24.7 Å². The molecule has 4 heteroatoms. The van der Waals surface area contributed by atoms with Gasteiger partial charge >= 0.3 is 5.97 Å². The van der Waals surface area contributed by atoms with Gasteiger partial charge in [0.1, 0.15) is 12.2 Å². The van der Waals surface area contributed by atoms with E-state index in [0.29, 0.717) is 6.42 Å². The zero-order valence-electron chi connectivity index (χ0n) is 5.73. The van der Waals surface area contributed by atoms with Crippen molar-refractivity contribution in [1.29, 1.82) is 0 Å². The van der Waals surface area contributed by atoms with Crippen molar-refractivity contribution in [1.82, 2.24) is 0 Å². The largest absolute Gasteiger partial charge is 0.478 e. The fourth-order valence-corrected chi connectivity index (χ4v) is 1.37. The molecule has 2 aliphatic rings. The molecule has 3 atom stereocenters. The molecule has 4 nitrogen and oxygen atoms in total. The lowest BCUT2D eigenvalue weighted by Crippen LogP contribution is -2.22. The predicted molar refractivity (Wildman–Crippen MR) is 35.0 cm³/mol. The first-order valence-corrected chi connectivity index (χ1v) is 3.46. The molecule has 0 aromatic carbocycles. The second-order valence-electron chi connectivity index (χ2n) is 2.83. The average Bonchev–Trinajstić information content (AvgIpc) is 2.66. The van der Waals surface area contributed by atoms with Crippen LogP contribution in [0.25, 0.3) is 0 Å². The molecule has 3 unspecified atom stereocenters. The molecular weight excluding hydrogens is 148 g/mol. The number of aliphatic hydroxyl groups is 1. The number of epoxide rings is 1. The maximum Gasteiger partial charge on any atom is 0.331 e. The van der Waals surface area contributed by atoms with Crippen molar-refractivity contribution in [3.8, 4) is 0 Å². The van der Waals surface area contributed by atoms with Crippen LogP contribution in [0.4, 0.5) is 0 Å². The molecule has 1 saturated heterocycles. The first-order chi connectivity index (χ1) is 5.18. The quantitative estimate of drug-likeness (QED) is 0.503. The number of aliphatic hydroxyl groups excluding tert-OH is 1. The van der Waals surface area contributed by atoms with Crippen LogP contribution >= 0.6 is 0 Å². The van der Waals surface area contributed by atoms with E-state index >= 15 is 0 Å². The van der Waals surface area contributed by atoms with E-state index in [1.807, 2.05) is 0 Å². The Hall–Kier alpha value is -0.870. The van der Waals surface area contributed by atoms with Gasteiger partial charge in [0.15, 0.2) is 0 Å². The van der Waals surface area contributed by atoms with Crippen molar-refractivity contribution in [3.05, 3.63) is 11.6 Å². The highest BCUT2D eigenvalue weighted by atomic mass is 16.6. The average molecular weight is 156 g/mol. The standard InChI is InChI=1S/C7H8O4/c8-4-1-3(7(9)10)2-5-6(4)11-5/h1,4-6,8H,2H2,(H,9,10). The number of hydrogen-bond donors (Lipinski definition) is 2. The Bertz CT molecular complexity index is 233. The van der Waals surface area contributed by atoms with Crippen molar-refractivity contribution < 1.29 is 19.7 Å². The Morgan fingerprint density at radius 3 is 3.00 bits per heavy atom. The van der Waals surface area contributed by atoms with E-state index in [4.69, 9.17) is 9.84 Å². The highest BCUT2D eigenvalue weighted by Crippen LogP contribution is 2.36. The van der Waals surface area contributed by atoms with E-state index in [1.54, 1.807) is 0 Å². The third-order valence-corrected chi connectivity index (χ3v) is 2.03. The molecule has 1 aliphatic heterocycles. The van der Waals surface area contributed by atoms with Crippen LogP contribution < -0.4 is 0 Å². The SMILES string of the molecule is O=C(O)C1=CC(O)C2OC2C1. The van der Waals surface area contributed by atoms with E-state index in [0.717, 1.165) is 0 Å². The van der Waals surface area contributed by atoms with Gasteiger partial charge in [-0.1, -0.05) is 0 Å². The van der Waals surface area contributed by atoms with Crippen LogP contribution in [-0.4, -0.2) is 34.5 Å². The van der Waals surface area contributed by atoms with E-state index in [2.05, 4.69) is 0 Å². The van der Waals surface area contributed by atoms with Crippen molar-refractivity contribution in [2.75, 3.05) is 0 Å². The highest BCUT2D eigenvalue weighted by molar-refractivity contribution is 5.87. The molecule has 0 aromatic rings. The number of hydrogen-bond acceptors (Lipinski definition) is 3.